The molecule has 3 fully saturated rings. The number of nitrogens with zero attached hydrogens (tertiary/aromatic N) is 4. The van der Waals surface area contributed by atoms with Gasteiger partial charge in [0.05, 0.1) is 23.4 Å². The molecule has 12 nitrogen and oxygen atoms in total. The fourth-order valence-corrected chi connectivity index (χ4v) is 5.98. The fourth-order valence-electron chi connectivity index (χ4n) is 5.98. The van der Waals surface area contributed by atoms with Gasteiger partial charge in [-0.3, -0.25) is 39.7 Å². The molecule has 2 unspecified atom stereocenters. The summed E-state index contributed by atoms with van der Waals surface area (Å²) >= 11 is 0. The van der Waals surface area contributed by atoms with Gasteiger partial charge in [0.2, 0.25) is 11.8 Å². The molecule has 14 heteroatoms. The van der Waals surface area contributed by atoms with Gasteiger partial charge in [0.1, 0.15) is 11.6 Å². The molecule has 0 bridgehead atoms. The van der Waals surface area contributed by atoms with Crippen molar-refractivity contribution < 1.29 is 37.5 Å². The summed E-state index contributed by atoms with van der Waals surface area (Å²) in [6, 6.07) is 3.93. The lowest BCUT2D eigenvalue weighted by Crippen LogP contribution is -2.58. The first kappa shape index (κ1) is 29.8. The third-order valence-electron chi connectivity index (χ3n) is 8.03. The number of piperidine rings is 2. The Balaban J connectivity index is 1.18. The van der Waals surface area contributed by atoms with Crippen LogP contribution in [0.5, 0.6) is 0 Å². The summed E-state index contributed by atoms with van der Waals surface area (Å²) in [6.07, 6.45) is -0.454. The van der Waals surface area contributed by atoms with Crippen LogP contribution in [0.3, 0.4) is 0 Å². The van der Waals surface area contributed by atoms with E-state index in [1.165, 1.54) is 5.01 Å². The van der Waals surface area contributed by atoms with Crippen LogP contribution in [0.1, 0.15) is 60.7 Å². The van der Waals surface area contributed by atoms with E-state index in [4.69, 9.17) is 4.74 Å². The molecule has 5 rings (SSSR count). The van der Waals surface area contributed by atoms with Gasteiger partial charge in [0, 0.05) is 51.6 Å². The largest absolute Gasteiger partial charge is 0.443 e. The summed E-state index contributed by atoms with van der Waals surface area (Å²) in [7, 11) is 0. The van der Waals surface area contributed by atoms with Crippen molar-refractivity contribution in [3.8, 4) is 0 Å². The molecule has 0 aliphatic carbocycles. The number of hydrogen-bond donors (Lipinski definition) is 2. The zero-order chi connectivity index (χ0) is 30.4. The lowest BCUT2D eigenvalue weighted by Gasteiger charge is -2.42. The first-order valence-electron chi connectivity index (χ1n) is 14.2. The minimum atomic E-state index is -3.02. The van der Waals surface area contributed by atoms with E-state index in [1.807, 2.05) is 9.80 Å². The van der Waals surface area contributed by atoms with Crippen LogP contribution in [0.25, 0.3) is 0 Å². The molecule has 2 N–H and O–H groups in total. The number of hydrazine groups is 1. The van der Waals surface area contributed by atoms with Crippen LogP contribution in [0.15, 0.2) is 18.2 Å². The van der Waals surface area contributed by atoms with Gasteiger partial charge in [-0.05, 0) is 45.7 Å². The highest BCUT2D eigenvalue weighted by atomic mass is 19.3. The molecule has 5 amide bonds. The van der Waals surface area contributed by atoms with Gasteiger partial charge in [0.25, 0.3) is 17.7 Å². The van der Waals surface area contributed by atoms with E-state index >= 15 is 8.78 Å². The molecule has 0 spiro atoms. The van der Waals surface area contributed by atoms with Crippen LogP contribution in [0.4, 0.5) is 19.3 Å². The van der Waals surface area contributed by atoms with Crippen LogP contribution in [0, 0.1) is 5.92 Å². The number of benzene rings is 1. The molecule has 42 heavy (non-hydrogen) atoms. The molecule has 0 aromatic heterocycles. The highest BCUT2D eigenvalue weighted by Crippen LogP contribution is 2.36. The zero-order valence-corrected chi connectivity index (χ0v) is 24.0. The van der Waals surface area contributed by atoms with Crippen LogP contribution in [-0.4, -0.2) is 108 Å². The van der Waals surface area contributed by atoms with E-state index in [9.17, 15) is 24.0 Å². The van der Waals surface area contributed by atoms with Gasteiger partial charge in [-0.1, -0.05) is 6.07 Å². The van der Waals surface area contributed by atoms with Crippen molar-refractivity contribution in [3.05, 3.63) is 29.3 Å². The quantitative estimate of drug-likeness (QED) is 0.491. The van der Waals surface area contributed by atoms with Crippen molar-refractivity contribution >= 4 is 35.4 Å². The number of alkyl halides is 2. The maximum atomic E-state index is 15.1. The number of halogens is 2. The number of rotatable bonds is 5. The predicted molar refractivity (Wildman–Crippen MR) is 146 cm³/mol. The molecular formula is C28H36F2N6O6. The number of imide groups is 2. The smallest absolute Gasteiger partial charge is 0.422 e. The van der Waals surface area contributed by atoms with Gasteiger partial charge in [0.15, 0.2) is 0 Å². The molecule has 0 saturated carbocycles. The average Bonchev–Trinajstić information content (AvgIpc) is 3.14. The second-order valence-corrected chi connectivity index (χ2v) is 12.2. The number of fused-ring (bicyclic) bond motifs is 1. The molecule has 0 radical (unpaired) electrons. The number of carbonyl (C=O) groups excluding carboxylic acids is 5. The molecule has 228 valence electrons. The second kappa shape index (κ2) is 11.2. The van der Waals surface area contributed by atoms with E-state index < -0.39 is 59.8 Å². The van der Waals surface area contributed by atoms with E-state index in [0.717, 1.165) is 4.90 Å². The Kier molecular flexibility index (Phi) is 7.96. The molecule has 4 aliphatic rings. The maximum Gasteiger partial charge on any atom is 0.422 e. The number of anilines is 1. The highest BCUT2D eigenvalue weighted by molar-refractivity contribution is 6.25. The summed E-state index contributed by atoms with van der Waals surface area (Å²) in [4.78, 5) is 67.4. The number of nitrogens with one attached hydrogen (secondary N) is 2. The number of piperazine rings is 1. The normalized spacial score (nSPS) is 25.4. The van der Waals surface area contributed by atoms with E-state index in [1.54, 1.807) is 39.0 Å². The van der Waals surface area contributed by atoms with Crippen molar-refractivity contribution in [3.63, 3.8) is 0 Å². The monoisotopic (exact) mass is 590 g/mol. The molecule has 4 heterocycles. The molecule has 1 aromatic carbocycles. The Morgan fingerprint density at radius 2 is 1.76 bits per heavy atom. The van der Waals surface area contributed by atoms with Gasteiger partial charge in [-0.15, -0.1) is 0 Å². The third kappa shape index (κ3) is 6.09. The van der Waals surface area contributed by atoms with E-state index in [2.05, 4.69) is 10.7 Å². The fraction of sp³-hybridized carbons (Fsp3) is 0.607. The van der Waals surface area contributed by atoms with E-state index in [0.29, 0.717) is 31.9 Å². The van der Waals surface area contributed by atoms with Crippen molar-refractivity contribution in [2.24, 2.45) is 5.92 Å². The second-order valence-electron chi connectivity index (χ2n) is 12.2. The van der Waals surface area contributed by atoms with Gasteiger partial charge >= 0.3 is 6.09 Å². The lowest BCUT2D eigenvalue weighted by atomic mass is 9.92. The van der Waals surface area contributed by atoms with Crippen LogP contribution < -0.4 is 15.6 Å². The maximum absolute atomic E-state index is 15.1. The molecule has 1 aromatic rings. The first-order chi connectivity index (χ1) is 19.7. The van der Waals surface area contributed by atoms with Gasteiger partial charge in [-0.25, -0.2) is 18.6 Å². The first-order valence-corrected chi connectivity index (χ1v) is 14.2. The number of ether oxygens (including phenoxy) is 1. The molecule has 2 atom stereocenters. The lowest BCUT2D eigenvalue weighted by molar-refractivity contribution is -0.136. The number of hydrogen-bond acceptors (Lipinski definition) is 9. The summed E-state index contributed by atoms with van der Waals surface area (Å²) in [5.41, 5.74) is 2.67. The number of carbonyl (C=O) groups is 5. The van der Waals surface area contributed by atoms with E-state index in [-0.39, 0.29) is 43.5 Å². The summed E-state index contributed by atoms with van der Waals surface area (Å²) < 4.78 is 35.3. The Labute approximate surface area is 242 Å². The minimum absolute atomic E-state index is 0.0386. The van der Waals surface area contributed by atoms with Gasteiger partial charge < -0.3 is 9.64 Å². The Morgan fingerprint density at radius 1 is 1.05 bits per heavy atom. The Bertz CT molecular complexity index is 1290. The third-order valence-corrected chi connectivity index (χ3v) is 8.03. The Morgan fingerprint density at radius 3 is 2.40 bits per heavy atom. The van der Waals surface area contributed by atoms with Crippen molar-refractivity contribution in [1.82, 2.24) is 25.6 Å². The van der Waals surface area contributed by atoms with Gasteiger partial charge in [-0.2, -0.15) is 0 Å². The standard InChI is InChI=1S/C28H36F2N6O6/c1-27(2,3)42-26(41)32-35-10-9-17(28(29,30)16-35)15-33-11-13-34(14-12-33)19-6-4-5-18-22(19)25(40)36(24(18)39)20-7-8-21(37)31-23(20)38/h4-6,17,20H,7-16H2,1-3H3,(H,32,41)(H,31,37,38). The number of amides is 5. The average molecular weight is 591 g/mol. The molecule has 4 aliphatic heterocycles. The highest BCUT2D eigenvalue weighted by Gasteiger charge is 2.47. The van der Waals surface area contributed by atoms with Crippen molar-refractivity contribution in [2.75, 3.05) is 50.7 Å². The molecule has 3 saturated heterocycles. The summed E-state index contributed by atoms with van der Waals surface area (Å²) in [6.45, 7) is 6.84. The SMILES string of the molecule is CC(C)(C)OC(=O)NN1CCC(CN2CCN(c3cccc4c3C(=O)N(C3CCC(=O)NC3=O)C4=O)CC2)C(F)(F)C1. The minimum Gasteiger partial charge on any atom is -0.443 e. The van der Waals surface area contributed by atoms with Crippen LogP contribution >= 0.6 is 0 Å². The Hall–Kier alpha value is -3.65. The van der Waals surface area contributed by atoms with Crippen molar-refractivity contribution in [1.29, 1.82) is 0 Å². The van der Waals surface area contributed by atoms with Crippen molar-refractivity contribution in [2.45, 2.75) is 57.6 Å². The molecular weight excluding hydrogens is 554 g/mol. The predicted octanol–water partition coefficient (Wildman–Crippen LogP) is 1.61. The topological polar surface area (TPSA) is 132 Å². The summed E-state index contributed by atoms with van der Waals surface area (Å²) in [5.74, 6) is -6.15. The zero-order valence-electron chi connectivity index (χ0n) is 24.0. The van der Waals surface area contributed by atoms with Crippen LogP contribution in [-0.2, 0) is 14.3 Å². The summed E-state index contributed by atoms with van der Waals surface area (Å²) in [5, 5.41) is 3.40. The van der Waals surface area contributed by atoms with Crippen LogP contribution in [0.2, 0.25) is 0 Å².